The van der Waals surface area contributed by atoms with Crippen LogP contribution in [0.3, 0.4) is 0 Å². The third kappa shape index (κ3) is 2.65. The Morgan fingerprint density at radius 2 is 1.94 bits per heavy atom. The van der Waals surface area contributed by atoms with Crippen molar-refractivity contribution in [3.05, 3.63) is 42.0 Å². The van der Waals surface area contributed by atoms with Crippen molar-refractivity contribution in [1.29, 1.82) is 0 Å². The first-order valence-electron chi connectivity index (χ1n) is 6.58. The molecule has 0 amide bonds. The highest BCUT2D eigenvalue weighted by Gasteiger charge is 2.10. The zero-order valence-electron chi connectivity index (χ0n) is 11.4. The van der Waals surface area contributed by atoms with Crippen molar-refractivity contribution >= 4 is 10.8 Å². The van der Waals surface area contributed by atoms with Crippen molar-refractivity contribution < 1.29 is 4.74 Å². The van der Waals surface area contributed by atoms with Gasteiger partial charge in [-0.05, 0) is 37.2 Å². The molecule has 0 aliphatic carbocycles. The Labute approximate surface area is 109 Å². The van der Waals surface area contributed by atoms with Crippen LogP contribution in [0.15, 0.2) is 36.4 Å². The summed E-state index contributed by atoms with van der Waals surface area (Å²) in [6, 6.07) is 12.7. The fourth-order valence-electron chi connectivity index (χ4n) is 2.09. The van der Waals surface area contributed by atoms with E-state index in [0.29, 0.717) is 0 Å². The van der Waals surface area contributed by atoms with E-state index in [1.54, 1.807) is 0 Å². The lowest BCUT2D eigenvalue weighted by molar-refractivity contribution is 0.215. The molecule has 0 saturated heterocycles. The quantitative estimate of drug-likeness (QED) is 0.863. The third-order valence-corrected chi connectivity index (χ3v) is 3.25. The van der Waals surface area contributed by atoms with Crippen LogP contribution in [0.2, 0.25) is 0 Å². The van der Waals surface area contributed by atoms with Crippen LogP contribution >= 0.6 is 0 Å². The Hall–Kier alpha value is -1.54. The van der Waals surface area contributed by atoms with Gasteiger partial charge in [-0.1, -0.05) is 37.3 Å². The van der Waals surface area contributed by atoms with Crippen molar-refractivity contribution in [2.75, 3.05) is 7.05 Å². The topological polar surface area (TPSA) is 21.3 Å². The van der Waals surface area contributed by atoms with Crippen LogP contribution in [0, 0.1) is 0 Å². The van der Waals surface area contributed by atoms with Gasteiger partial charge in [0.15, 0.2) is 0 Å². The Morgan fingerprint density at radius 3 is 2.67 bits per heavy atom. The van der Waals surface area contributed by atoms with Crippen LogP contribution in [0.25, 0.3) is 10.8 Å². The Kier molecular flexibility index (Phi) is 4.21. The Bertz CT molecular complexity index is 521. The summed E-state index contributed by atoms with van der Waals surface area (Å²) < 4.78 is 6.02. The lowest BCUT2D eigenvalue weighted by Crippen LogP contribution is -2.13. The number of hydrogen-bond acceptors (Lipinski definition) is 2. The number of benzene rings is 2. The number of rotatable bonds is 5. The minimum absolute atomic E-state index is 0.252. The van der Waals surface area contributed by atoms with Gasteiger partial charge in [-0.15, -0.1) is 0 Å². The SMILES string of the molecule is CCC(C)Oc1ccc2ccccc2c1CNC. The highest BCUT2D eigenvalue weighted by atomic mass is 16.5. The Morgan fingerprint density at radius 1 is 1.17 bits per heavy atom. The second kappa shape index (κ2) is 5.87. The summed E-state index contributed by atoms with van der Waals surface area (Å²) in [4.78, 5) is 0. The van der Waals surface area contributed by atoms with E-state index in [4.69, 9.17) is 4.74 Å². The van der Waals surface area contributed by atoms with Gasteiger partial charge in [0.25, 0.3) is 0 Å². The van der Waals surface area contributed by atoms with E-state index >= 15 is 0 Å². The molecule has 2 heteroatoms. The minimum atomic E-state index is 0.252. The number of ether oxygens (including phenoxy) is 1. The maximum absolute atomic E-state index is 6.02. The molecule has 0 bridgehead atoms. The molecular weight excluding hydrogens is 222 g/mol. The van der Waals surface area contributed by atoms with E-state index < -0.39 is 0 Å². The molecule has 96 valence electrons. The first-order valence-corrected chi connectivity index (χ1v) is 6.58. The summed E-state index contributed by atoms with van der Waals surface area (Å²) >= 11 is 0. The highest BCUT2D eigenvalue weighted by molar-refractivity contribution is 5.87. The van der Waals surface area contributed by atoms with E-state index in [1.807, 2.05) is 7.05 Å². The van der Waals surface area contributed by atoms with E-state index in [2.05, 4.69) is 55.6 Å². The van der Waals surface area contributed by atoms with Crippen molar-refractivity contribution in [1.82, 2.24) is 5.32 Å². The lowest BCUT2D eigenvalue weighted by Gasteiger charge is -2.18. The van der Waals surface area contributed by atoms with Crippen LogP contribution in [0.4, 0.5) is 0 Å². The second-order valence-electron chi connectivity index (χ2n) is 4.63. The molecule has 2 nitrogen and oxygen atoms in total. The van der Waals surface area contributed by atoms with Gasteiger partial charge in [-0.25, -0.2) is 0 Å². The van der Waals surface area contributed by atoms with Crippen LogP contribution in [-0.2, 0) is 6.54 Å². The monoisotopic (exact) mass is 243 g/mol. The van der Waals surface area contributed by atoms with Crippen molar-refractivity contribution in [3.8, 4) is 5.75 Å². The zero-order chi connectivity index (χ0) is 13.0. The van der Waals surface area contributed by atoms with Gasteiger partial charge in [0.2, 0.25) is 0 Å². The van der Waals surface area contributed by atoms with E-state index in [-0.39, 0.29) is 6.10 Å². The van der Waals surface area contributed by atoms with Gasteiger partial charge in [0.05, 0.1) is 6.10 Å². The van der Waals surface area contributed by atoms with Crippen molar-refractivity contribution in [3.63, 3.8) is 0 Å². The summed E-state index contributed by atoms with van der Waals surface area (Å²) in [5.41, 5.74) is 1.25. The number of hydrogen-bond donors (Lipinski definition) is 1. The van der Waals surface area contributed by atoms with Crippen LogP contribution in [-0.4, -0.2) is 13.2 Å². The van der Waals surface area contributed by atoms with Gasteiger partial charge in [0, 0.05) is 12.1 Å². The first kappa shape index (κ1) is 12.9. The van der Waals surface area contributed by atoms with Crippen LogP contribution in [0.1, 0.15) is 25.8 Å². The second-order valence-corrected chi connectivity index (χ2v) is 4.63. The van der Waals surface area contributed by atoms with Gasteiger partial charge >= 0.3 is 0 Å². The van der Waals surface area contributed by atoms with E-state index in [0.717, 1.165) is 18.7 Å². The molecule has 0 aliphatic heterocycles. The summed E-state index contributed by atoms with van der Waals surface area (Å²) in [5, 5.41) is 5.76. The maximum atomic E-state index is 6.02. The van der Waals surface area contributed by atoms with Crippen LogP contribution < -0.4 is 10.1 Å². The molecule has 0 fully saturated rings. The molecule has 1 atom stereocenters. The Balaban J connectivity index is 2.48. The fourth-order valence-corrected chi connectivity index (χ4v) is 2.09. The molecule has 0 heterocycles. The summed E-state index contributed by atoms with van der Waals surface area (Å²) in [7, 11) is 1.97. The molecule has 2 aromatic carbocycles. The molecule has 1 N–H and O–H groups in total. The van der Waals surface area contributed by atoms with Gasteiger partial charge < -0.3 is 10.1 Å². The molecule has 0 aliphatic rings. The van der Waals surface area contributed by atoms with Gasteiger partial charge in [-0.3, -0.25) is 0 Å². The molecule has 2 aromatic rings. The molecule has 0 spiro atoms. The molecule has 0 radical (unpaired) electrons. The molecule has 2 rings (SSSR count). The minimum Gasteiger partial charge on any atom is -0.490 e. The van der Waals surface area contributed by atoms with Gasteiger partial charge in [0.1, 0.15) is 5.75 Å². The number of fused-ring (bicyclic) bond motifs is 1. The number of nitrogens with one attached hydrogen (secondary N) is 1. The fraction of sp³-hybridized carbons (Fsp3) is 0.375. The predicted octanol–water partition coefficient (Wildman–Crippen LogP) is 3.74. The highest BCUT2D eigenvalue weighted by Crippen LogP contribution is 2.29. The molecule has 0 aromatic heterocycles. The predicted molar refractivity (Wildman–Crippen MR) is 77.1 cm³/mol. The molecular formula is C16H21NO. The van der Waals surface area contributed by atoms with E-state index in [9.17, 15) is 0 Å². The van der Waals surface area contributed by atoms with Crippen molar-refractivity contribution in [2.24, 2.45) is 0 Å². The molecule has 18 heavy (non-hydrogen) atoms. The standard InChI is InChI=1S/C16H21NO/c1-4-12(2)18-16-10-9-13-7-5-6-8-14(13)15(16)11-17-3/h5-10,12,17H,4,11H2,1-3H3. The van der Waals surface area contributed by atoms with E-state index in [1.165, 1.54) is 16.3 Å². The third-order valence-electron chi connectivity index (χ3n) is 3.25. The molecule has 1 unspecified atom stereocenters. The average molecular weight is 243 g/mol. The normalized spacial score (nSPS) is 12.6. The van der Waals surface area contributed by atoms with Crippen molar-refractivity contribution in [2.45, 2.75) is 32.9 Å². The smallest absolute Gasteiger partial charge is 0.124 e. The largest absolute Gasteiger partial charge is 0.490 e. The molecule has 0 saturated carbocycles. The summed E-state index contributed by atoms with van der Waals surface area (Å²) in [5.74, 6) is 0.998. The van der Waals surface area contributed by atoms with Crippen LogP contribution in [0.5, 0.6) is 5.75 Å². The summed E-state index contributed by atoms with van der Waals surface area (Å²) in [6.07, 6.45) is 1.27. The zero-order valence-corrected chi connectivity index (χ0v) is 11.4. The summed E-state index contributed by atoms with van der Waals surface area (Å²) in [6.45, 7) is 5.08. The first-order chi connectivity index (χ1) is 8.76. The average Bonchev–Trinajstić information content (AvgIpc) is 2.41. The van der Waals surface area contributed by atoms with Gasteiger partial charge in [-0.2, -0.15) is 0 Å². The lowest BCUT2D eigenvalue weighted by atomic mass is 10.0. The maximum Gasteiger partial charge on any atom is 0.124 e.